The zero-order valence-electron chi connectivity index (χ0n) is 8.97. The summed E-state index contributed by atoms with van der Waals surface area (Å²) >= 11 is 5.76. The van der Waals surface area contributed by atoms with E-state index in [0.29, 0.717) is 10.6 Å². The molecule has 94 valence electrons. The fourth-order valence-corrected chi connectivity index (χ4v) is 2.43. The van der Waals surface area contributed by atoms with Crippen LogP contribution in [0.25, 0.3) is 11.1 Å². The van der Waals surface area contributed by atoms with Crippen molar-refractivity contribution in [2.24, 2.45) is 0 Å². The topological polar surface area (TPSA) is 54.4 Å². The highest BCUT2D eigenvalue weighted by molar-refractivity contribution is 8.13. The number of hydrogen-bond donors (Lipinski definition) is 1. The molecule has 0 aliphatic rings. The van der Waals surface area contributed by atoms with E-state index in [2.05, 4.69) is 0 Å². The highest BCUT2D eigenvalue weighted by Gasteiger charge is 2.13. The Morgan fingerprint density at radius 3 is 2.11 bits per heavy atom. The lowest BCUT2D eigenvalue weighted by molar-refractivity contribution is 0.475. The summed E-state index contributed by atoms with van der Waals surface area (Å²) in [6.45, 7) is 0. The summed E-state index contributed by atoms with van der Waals surface area (Å²) < 4.78 is 22.2. The Labute approximate surface area is 114 Å². The summed E-state index contributed by atoms with van der Waals surface area (Å²) in [5.41, 5.74) is 1.24. The maximum Gasteiger partial charge on any atom is 0.261 e. The predicted molar refractivity (Wildman–Crippen MR) is 71.6 cm³/mol. The number of benzene rings is 2. The molecule has 2 aromatic rings. The first kappa shape index (κ1) is 13.2. The molecule has 0 aliphatic carbocycles. The highest BCUT2D eigenvalue weighted by Crippen LogP contribution is 2.32. The first-order valence-corrected chi connectivity index (χ1v) is 7.60. The zero-order valence-corrected chi connectivity index (χ0v) is 11.3. The van der Waals surface area contributed by atoms with Gasteiger partial charge < -0.3 is 5.11 Å². The van der Waals surface area contributed by atoms with Crippen LogP contribution >= 0.6 is 22.3 Å². The minimum Gasteiger partial charge on any atom is -0.507 e. The van der Waals surface area contributed by atoms with Gasteiger partial charge in [-0.2, -0.15) is 0 Å². The molecule has 6 heteroatoms. The van der Waals surface area contributed by atoms with Crippen LogP contribution in [0.2, 0.25) is 5.02 Å². The summed E-state index contributed by atoms with van der Waals surface area (Å²) in [5.74, 6) is -0.154. The van der Waals surface area contributed by atoms with E-state index in [0.717, 1.165) is 11.6 Å². The molecule has 0 aromatic heterocycles. The van der Waals surface area contributed by atoms with Crippen molar-refractivity contribution in [3.8, 4) is 16.9 Å². The lowest BCUT2D eigenvalue weighted by atomic mass is 10.1. The summed E-state index contributed by atoms with van der Waals surface area (Å²) in [4.78, 5) is -0.139. The number of aromatic hydroxyl groups is 1. The molecule has 1 N–H and O–H groups in total. The van der Waals surface area contributed by atoms with Crippen molar-refractivity contribution in [1.29, 1.82) is 0 Å². The molecule has 0 saturated carbocycles. The first-order valence-electron chi connectivity index (χ1n) is 4.91. The molecule has 0 fully saturated rings. The van der Waals surface area contributed by atoms with Gasteiger partial charge in [0.2, 0.25) is 0 Å². The second-order valence-electron chi connectivity index (χ2n) is 3.62. The van der Waals surface area contributed by atoms with Crippen molar-refractivity contribution in [1.82, 2.24) is 0 Å². The van der Waals surface area contributed by atoms with Crippen LogP contribution in [0, 0.1) is 0 Å². The standard InChI is InChI=1S/C12H8Cl2O3S/c13-9-3-1-8(2-4-9)11-6-5-10(7-12(11)15)18(14,16)17/h1-7,15H. The molecular formula is C12H8Cl2O3S. The first-order chi connectivity index (χ1) is 8.38. The molecule has 0 heterocycles. The van der Waals surface area contributed by atoms with Gasteiger partial charge in [0.05, 0.1) is 4.90 Å². The van der Waals surface area contributed by atoms with Crippen LogP contribution < -0.4 is 0 Å². The van der Waals surface area contributed by atoms with Crippen molar-refractivity contribution < 1.29 is 13.5 Å². The van der Waals surface area contributed by atoms with Gasteiger partial charge in [-0.3, -0.25) is 0 Å². The van der Waals surface area contributed by atoms with Crippen molar-refractivity contribution in [3.05, 3.63) is 47.5 Å². The van der Waals surface area contributed by atoms with E-state index < -0.39 is 9.05 Å². The largest absolute Gasteiger partial charge is 0.507 e. The molecule has 0 bridgehead atoms. The van der Waals surface area contributed by atoms with Gasteiger partial charge in [-0.15, -0.1) is 0 Å². The number of halogens is 2. The Hall–Kier alpha value is -1.23. The van der Waals surface area contributed by atoms with Gasteiger partial charge in [0, 0.05) is 27.3 Å². The van der Waals surface area contributed by atoms with Crippen molar-refractivity contribution in [3.63, 3.8) is 0 Å². The van der Waals surface area contributed by atoms with Crippen LogP contribution in [-0.4, -0.2) is 13.5 Å². The number of phenolic OH excluding ortho intramolecular Hbond substituents is 1. The van der Waals surface area contributed by atoms with Crippen LogP contribution in [0.1, 0.15) is 0 Å². The van der Waals surface area contributed by atoms with Crippen LogP contribution in [0.3, 0.4) is 0 Å². The Bertz CT molecular complexity index is 679. The lowest BCUT2D eigenvalue weighted by Gasteiger charge is -2.06. The predicted octanol–water partition coefficient (Wildman–Crippen LogP) is 3.64. The Morgan fingerprint density at radius 2 is 1.61 bits per heavy atom. The van der Waals surface area contributed by atoms with Gasteiger partial charge in [0.15, 0.2) is 0 Å². The van der Waals surface area contributed by atoms with E-state index in [1.807, 2.05) is 0 Å². The van der Waals surface area contributed by atoms with Gasteiger partial charge in [-0.25, -0.2) is 8.42 Å². The third-order valence-corrected chi connectivity index (χ3v) is 4.01. The van der Waals surface area contributed by atoms with Crippen LogP contribution in [-0.2, 0) is 9.05 Å². The Kier molecular flexibility index (Phi) is 3.52. The minimum atomic E-state index is -3.84. The molecule has 3 nitrogen and oxygen atoms in total. The quantitative estimate of drug-likeness (QED) is 0.862. The molecule has 0 unspecified atom stereocenters. The van der Waals surface area contributed by atoms with Gasteiger partial charge in [-0.1, -0.05) is 23.7 Å². The molecule has 0 atom stereocenters. The second-order valence-corrected chi connectivity index (χ2v) is 6.63. The van der Waals surface area contributed by atoms with Crippen molar-refractivity contribution in [2.75, 3.05) is 0 Å². The van der Waals surface area contributed by atoms with Gasteiger partial charge >= 0.3 is 0 Å². The normalized spacial score (nSPS) is 11.4. The summed E-state index contributed by atoms with van der Waals surface area (Å²) in [5, 5.41) is 10.4. The van der Waals surface area contributed by atoms with E-state index >= 15 is 0 Å². The zero-order chi connectivity index (χ0) is 13.3. The third kappa shape index (κ3) is 2.77. The number of hydrogen-bond acceptors (Lipinski definition) is 3. The fraction of sp³-hybridized carbons (Fsp3) is 0. The minimum absolute atomic E-state index is 0.139. The molecule has 0 amide bonds. The molecular weight excluding hydrogens is 295 g/mol. The van der Waals surface area contributed by atoms with E-state index in [1.165, 1.54) is 12.1 Å². The molecule has 2 aromatic carbocycles. The Morgan fingerprint density at radius 1 is 1.00 bits per heavy atom. The number of phenols is 1. The van der Waals surface area contributed by atoms with Crippen LogP contribution in [0.15, 0.2) is 47.4 Å². The van der Waals surface area contributed by atoms with E-state index in [9.17, 15) is 13.5 Å². The fourth-order valence-electron chi connectivity index (χ4n) is 1.54. The summed E-state index contributed by atoms with van der Waals surface area (Å²) in [7, 11) is 1.35. The monoisotopic (exact) mass is 302 g/mol. The van der Waals surface area contributed by atoms with Crippen LogP contribution in [0.4, 0.5) is 0 Å². The highest BCUT2D eigenvalue weighted by atomic mass is 35.7. The summed E-state index contributed by atoms with van der Waals surface area (Å²) in [6, 6.07) is 10.8. The second kappa shape index (κ2) is 4.80. The lowest BCUT2D eigenvalue weighted by Crippen LogP contribution is -1.90. The van der Waals surface area contributed by atoms with E-state index in [-0.39, 0.29) is 10.6 Å². The maximum absolute atomic E-state index is 11.1. The molecule has 0 radical (unpaired) electrons. The molecule has 18 heavy (non-hydrogen) atoms. The van der Waals surface area contributed by atoms with Crippen molar-refractivity contribution in [2.45, 2.75) is 4.90 Å². The Balaban J connectivity index is 2.51. The average Bonchev–Trinajstić information content (AvgIpc) is 2.29. The van der Waals surface area contributed by atoms with E-state index in [4.69, 9.17) is 22.3 Å². The van der Waals surface area contributed by atoms with Gasteiger partial charge in [0.25, 0.3) is 9.05 Å². The third-order valence-electron chi connectivity index (χ3n) is 2.41. The van der Waals surface area contributed by atoms with Gasteiger partial charge in [-0.05, 0) is 29.8 Å². The van der Waals surface area contributed by atoms with Gasteiger partial charge in [0.1, 0.15) is 5.75 Å². The smallest absolute Gasteiger partial charge is 0.261 e. The van der Waals surface area contributed by atoms with Crippen LogP contribution in [0.5, 0.6) is 5.75 Å². The molecule has 0 spiro atoms. The van der Waals surface area contributed by atoms with Crippen molar-refractivity contribution >= 4 is 31.3 Å². The molecule has 0 aliphatic heterocycles. The van der Waals surface area contributed by atoms with E-state index in [1.54, 1.807) is 24.3 Å². The molecule has 2 rings (SSSR count). The number of rotatable bonds is 2. The average molecular weight is 303 g/mol. The summed E-state index contributed by atoms with van der Waals surface area (Å²) in [6.07, 6.45) is 0. The SMILES string of the molecule is O=S(=O)(Cl)c1ccc(-c2ccc(Cl)cc2)c(O)c1. The molecule has 0 saturated heterocycles. The maximum atomic E-state index is 11.1.